The topological polar surface area (TPSA) is 171 Å². The molecule has 3 atom stereocenters. The zero-order chi connectivity index (χ0) is 35.3. The molecule has 0 radical (unpaired) electrons. The van der Waals surface area contributed by atoms with E-state index in [4.69, 9.17) is 16.3 Å². The maximum Gasteiger partial charge on any atom is 0.407 e. The zero-order valence-electron chi connectivity index (χ0n) is 27.8. The minimum atomic E-state index is -3.87. The number of rotatable bonds is 19. The predicted molar refractivity (Wildman–Crippen MR) is 184 cm³/mol. The van der Waals surface area contributed by atoms with Crippen LogP contribution in [0.25, 0.3) is 6.08 Å². The number of unbranched alkanes of at least 4 members (excludes halogenated alkanes) is 2. The zero-order valence-corrected chi connectivity index (χ0v) is 29.4. The number of ether oxygens (including phenoxy) is 1. The predicted octanol–water partition coefficient (Wildman–Crippen LogP) is 4.21. The molecule has 1 saturated carbocycles. The van der Waals surface area contributed by atoms with Gasteiger partial charge in [0.2, 0.25) is 21.8 Å². The number of hydrogen-bond acceptors (Lipinski definition) is 8. The van der Waals surface area contributed by atoms with Crippen molar-refractivity contribution in [2.75, 3.05) is 18.9 Å². The number of halogens is 1. The SMILES string of the molecule is C=CC[C@@](C)(NC(=O)[C@@H]1CCCN1C(=O)[C@H](CCCC)NC(=O)OCCC/C=C/c1ccc(Cl)c(CO)c1)C(=O)NS(=O)(=O)CC1CC1. The van der Waals surface area contributed by atoms with E-state index in [1.807, 2.05) is 25.1 Å². The Balaban J connectivity index is 1.56. The van der Waals surface area contributed by atoms with Gasteiger partial charge in [-0.15, -0.1) is 6.58 Å². The number of carbonyl (C=O) groups is 4. The van der Waals surface area contributed by atoms with Crippen LogP contribution >= 0.6 is 11.6 Å². The maximum absolute atomic E-state index is 13.7. The van der Waals surface area contributed by atoms with Crippen LogP contribution in [-0.2, 0) is 35.8 Å². The Morgan fingerprint density at radius 2 is 1.96 bits per heavy atom. The number of nitrogens with one attached hydrogen (secondary N) is 3. The fourth-order valence-corrected chi connectivity index (χ4v) is 7.21. The van der Waals surface area contributed by atoms with E-state index in [2.05, 4.69) is 21.9 Å². The summed E-state index contributed by atoms with van der Waals surface area (Å²) in [4.78, 5) is 54.5. The summed E-state index contributed by atoms with van der Waals surface area (Å²) < 4.78 is 32.4. The van der Waals surface area contributed by atoms with Gasteiger partial charge in [0.25, 0.3) is 5.91 Å². The van der Waals surface area contributed by atoms with Gasteiger partial charge in [-0.3, -0.25) is 19.1 Å². The van der Waals surface area contributed by atoms with E-state index in [9.17, 15) is 32.7 Å². The van der Waals surface area contributed by atoms with Crippen molar-refractivity contribution < 1.29 is 37.4 Å². The number of likely N-dealkylation sites (tertiary alicyclic amines) is 1. The van der Waals surface area contributed by atoms with Gasteiger partial charge in [0.05, 0.1) is 19.0 Å². The summed E-state index contributed by atoms with van der Waals surface area (Å²) in [5.41, 5.74) is -0.0841. The molecular formula is C34H49ClN4O8S. The van der Waals surface area contributed by atoms with Gasteiger partial charge in [-0.2, -0.15) is 0 Å². The molecule has 1 saturated heterocycles. The van der Waals surface area contributed by atoms with Crippen molar-refractivity contribution in [2.45, 2.75) is 102 Å². The first-order chi connectivity index (χ1) is 22.8. The number of amides is 4. The Kier molecular flexibility index (Phi) is 14.9. The van der Waals surface area contributed by atoms with E-state index in [0.717, 1.165) is 24.8 Å². The van der Waals surface area contributed by atoms with E-state index < -0.39 is 51.5 Å². The molecule has 12 nitrogen and oxygen atoms in total. The van der Waals surface area contributed by atoms with E-state index in [0.29, 0.717) is 49.1 Å². The molecule has 1 aliphatic carbocycles. The molecule has 3 rings (SSSR count). The van der Waals surface area contributed by atoms with Crippen LogP contribution in [-0.4, -0.2) is 78.8 Å². The van der Waals surface area contributed by atoms with Crippen LogP contribution in [0.5, 0.6) is 0 Å². The average Bonchev–Trinajstić information content (AvgIpc) is 3.69. The standard InChI is InChI=1S/C34H49ClN4O8S/c1-4-6-12-28(36-33(44)47-20-9-7-8-11-24-16-17-27(35)26(21-24)22-40)31(42)39-19-10-13-29(39)30(41)37-34(3,18-5-2)32(43)38-48(45,46)23-25-14-15-25/h5,8,11,16-17,21,25,28-29,40H,2,4,6-7,9-10,12-15,18-20,22-23H2,1,3H3,(H,36,44)(H,37,41)(H,38,43)/b11-8+/t28-,29-,34+/m0/s1. The second-order valence-corrected chi connectivity index (χ2v) is 14.9. The summed E-state index contributed by atoms with van der Waals surface area (Å²) in [7, 11) is -3.87. The number of sulfonamides is 1. The molecule has 266 valence electrons. The van der Waals surface area contributed by atoms with Crippen molar-refractivity contribution >= 4 is 51.5 Å². The minimum Gasteiger partial charge on any atom is -0.450 e. The second-order valence-electron chi connectivity index (χ2n) is 12.7. The van der Waals surface area contributed by atoms with Crippen LogP contribution in [0.3, 0.4) is 0 Å². The third-order valence-corrected chi connectivity index (χ3v) is 10.2. The van der Waals surface area contributed by atoms with Gasteiger partial charge in [0.15, 0.2) is 0 Å². The van der Waals surface area contributed by atoms with Crippen LogP contribution in [0.2, 0.25) is 5.02 Å². The first-order valence-corrected chi connectivity index (χ1v) is 18.6. The van der Waals surface area contributed by atoms with Gasteiger partial charge in [-0.05, 0) is 87.5 Å². The highest BCUT2D eigenvalue weighted by Gasteiger charge is 2.43. The minimum absolute atomic E-state index is 0.0295. The van der Waals surface area contributed by atoms with E-state index in [-0.39, 0.29) is 37.9 Å². The van der Waals surface area contributed by atoms with Crippen LogP contribution < -0.4 is 15.4 Å². The number of benzene rings is 1. The third-order valence-electron chi connectivity index (χ3n) is 8.43. The number of nitrogens with zero attached hydrogens (tertiary/aromatic N) is 1. The Labute approximate surface area is 288 Å². The largest absolute Gasteiger partial charge is 0.450 e. The molecular weight excluding hydrogens is 660 g/mol. The van der Waals surface area contributed by atoms with Crippen LogP contribution in [0.4, 0.5) is 4.79 Å². The lowest BCUT2D eigenvalue weighted by molar-refractivity contribution is -0.141. The van der Waals surface area contributed by atoms with Gasteiger partial charge in [-0.25, -0.2) is 13.2 Å². The van der Waals surface area contributed by atoms with Crippen molar-refractivity contribution in [3.8, 4) is 0 Å². The lowest BCUT2D eigenvalue weighted by Crippen LogP contribution is -2.61. The summed E-state index contributed by atoms with van der Waals surface area (Å²) in [6, 6.07) is 3.54. The highest BCUT2D eigenvalue weighted by Crippen LogP contribution is 2.30. The molecule has 0 bridgehead atoms. The molecule has 2 fully saturated rings. The Morgan fingerprint density at radius 3 is 2.62 bits per heavy atom. The highest BCUT2D eigenvalue weighted by atomic mass is 35.5. The van der Waals surface area contributed by atoms with Crippen molar-refractivity contribution in [1.82, 2.24) is 20.3 Å². The molecule has 2 aliphatic rings. The fraction of sp³-hybridized carbons (Fsp3) is 0.588. The summed E-state index contributed by atoms with van der Waals surface area (Å²) in [6.07, 6.45) is 9.91. The molecule has 4 amide bonds. The van der Waals surface area contributed by atoms with Gasteiger partial charge in [0, 0.05) is 11.6 Å². The summed E-state index contributed by atoms with van der Waals surface area (Å²) in [5, 5.41) is 15.2. The first kappa shape index (κ1) is 39.0. The summed E-state index contributed by atoms with van der Waals surface area (Å²) in [5.74, 6) is -1.99. The lowest BCUT2D eigenvalue weighted by atomic mass is 9.96. The van der Waals surface area contributed by atoms with Crippen molar-refractivity contribution in [1.29, 1.82) is 0 Å². The van der Waals surface area contributed by atoms with Gasteiger partial charge in [-0.1, -0.05) is 55.7 Å². The molecule has 0 unspecified atom stereocenters. The molecule has 1 aliphatic heterocycles. The average molecular weight is 709 g/mol. The monoisotopic (exact) mass is 708 g/mol. The number of aliphatic hydroxyl groups excluding tert-OH is 1. The fourth-order valence-electron chi connectivity index (χ4n) is 5.49. The Morgan fingerprint density at radius 1 is 1.21 bits per heavy atom. The third kappa shape index (κ3) is 11.9. The van der Waals surface area contributed by atoms with Crippen molar-refractivity contribution in [3.05, 3.63) is 53.1 Å². The quantitative estimate of drug-likeness (QED) is 0.122. The van der Waals surface area contributed by atoms with Gasteiger partial charge < -0.3 is 25.4 Å². The van der Waals surface area contributed by atoms with Gasteiger partial charge in [0.1, 0.15) is 17.6 Å². The molecule has 1 aromatic carbocycles. The van der Waals surface area contributed by atoms with Crippen LogP contribution in [0.1, 0.15) is 89.2 Å². The van der Waals surface area contributed by atoms with E-state index in [1.165, 1.54) is 17.9 Å². The molecule has 48 heavy (non-hydrogen) atoms. The molecule has 14 heteroatoms. The molecule has 1 heterocycles. The molecule has 0 aromatic heterocycles. The normalized spacial score (nSPS) is 18.2. The van der Waals surface area contributed by atoms with E-state index in [1.54, 1.807) is 12.1 Å². The molecule has 0 spiro atoms. The van der Waals surface area contributed by atoms with Crippen LogP contribution in [0, 0.1) is 5.92 Å². The number of allylic oxidation sites excluding steroid dienone is 1. The number of alkyl carbamates (subject to hydrolysis) is 1. The first-order valence-electron chi connectivity index (χ1n) is 16.6. The Bertz CT molecular complexity index is 1450. The lowest BCUT2D eigenvalue weighted by Gasteiger charge is -2.33. The molecule has 1 aromatic rings. The highest BCUT2D eigenvalue weighted by molar-refractivity contribution is 7.90. The smallest absolute Gasteiger partial charge is 0.407 e. The number of aliphatic hydroxyl groups is 1. The van der Waals surface area contributed by atoms with Crippen molar-refractivity contribution in [3.63, 3.8) is 0 Å². The maximum atomic E-state index is 13.7. The second kappa shape index (κ2) is 18.4. The van der Waals surface area contributed by atoms with E-state index >= 15 is 0 Å². The number of hydrogen-bond donors (Lipinski definition) is 4. The Hall–Kier alpha value is -3.42. The summed E-state index contributed by atoms with van der Waals surface area (Å²) >= 11 is 6.03. The van der Waals surface area contributed by atoms with Crippen LogP contribution in [0.15, 0.2) is 36.9 Å². The van der Waals surface area contributed by atoms with Gasteiger partial charge >= 0.3 is 6.09 Å². The summed E-state index contributed by atoms with van der Waals surface area (Å²) in [6.45, 7) is 7.31. The number of carbonyl (C=O) groups excluding carboxylic acids is 4. The molecule has 4 N–H and O–H groups in total. The van der Waals surface area contributed by atoms with Crippen molar-refractivity contribution in [2.24, 2.45) is 5.92 Å².